The van der Waals surface area contributed by atoms with Crippen LogP contribution in [0.1, 0.15) is 5.56 Å². The highest BCUT2D eigenvalue weighted by atomic mass is 19.2. The molecule has 0 saturated heterocycles. The van der Waals surface area contributed by atoms with E-state index >= 15 is 0 Å². The molecule has 2 amide bonds. The topological polar surface area (TPSA) is 61.4 Å². The van der Waals surface area contributed by atoms with Crippen molar-refractivity contribution in [3.63, 3.8) is 0 Å². The van der Waals surface area contributed by atoms with Crippen LogP contribution < -0.4 is 10.6 Å². The Labute approximate surface area is 126 Å². The van der Waals surface area contributed by atoms with Crippen LogP contribution in [-0.2, 0) is 6.42 Å². The normalized spacial score (nSPS) is 11.8. The van der Waals surface area contributed by atoms with Gasteiger partial charge in [0.15, 0.2) is 11.6 Å². The second-order valence-corrected chi connectivity index (χ2v) is 4.80. The molecular formula is C16H16F2N2O2. The molecule has 4 nitrogen and oxygen atoms in total. The molecule has 0 saturated carbocycles. The minimum absolute atomic E-state index is 0.132. The quantitative estimate of drug-likeness (QED) is 0.795. The summed E-state index contributed by atoms with van der Waals surface area (Å²) in [6.07, 6.45) is 0.461. The van der Waals surface area contributed by atoms with Gasteiger partial charge in [0.2, 0.25) is 0 Å². The molecule has 1 atom stereocenters. The summed E-state index contributed by atoms with van der Waals surface area (Å²) in [6, 6.07) is 11.4. The van der Waals surface area contributed by atoms with Crippen LogP contribution in [0.25, 0.3) is 0 Å². The maximum atomic E-state index is 13.1. The van der Waals surface area contributed by atoms with E-state index in [1.165, 1.54) is 6.07 Å². The smallest absolute Gasteiger partial charge is 0.319 e. The summed E-state index contributed by atoms with van der Waals surface area (Å²) in [4.78, 5) is 11.8. The molecule has 0 fully saturated rings. The molecule has 6 heteroatoms. The van der Waals surface area contributed by atoms with Crippen LogP contribution in [0.4, 0.5) is 19.3 Å². The number of nitrogens with one attached hydrogen (secondary N) is 2. The van der Waals surface area contributed by atoms with Crippen molar-refractivity contribution in [3.8, 4) is 0 Å². The number of halogens is 2. The van der Waals surface area contributed by atoms with Gasteiger partial charge in [0, 0.05) is 11.8 Å². The Hall–Kier alpha value is -2.47. The third-order valence-corrected chi connectivity index (χ3v) is 3.06. The zero-order chi connectivity index (χ0) is 15.9. The first kappa shape index (κ1) is 15.9. The van der Waals surface area contributed by atoms with E-state index in [9.17, 15) is 18.7 Å². The fourth-order valence-electron chi connectivity index (χ4n) is 1.99. The van der Waals surface area contributed by atoms with Crippen LogP contribution in [0, 0.1) is 11.6 Å². The van der Waals surface area contributed by atoms with Crippen LogP contribution in [0.5, 0.6) is 0 Å². The van der Waals surface area contributed by atoms with Gasteiger partial charge in [-0.25, -0.2) is 13.6 Å². The molecule has 3 N–H and O–H groups in total. The lowest BCUT2D eigenvalue weighted by Crippen LogP contribution is -2.41. The Balaban J connectivity index is 1.93. The third kappa shape index (κ3) is 4.53. The first-order valence-corrected chi connectivity index (χ1v) is 6.76. The molecule has 0 aliphatic heterocycles. The van der Waals surface area contributed by atoms with Crippen LogP contribution >= 0.6 is 0 Å². The molecule has 116 valence electrons. The summed E-state index contributed by atoms with van der Waals surface area (Å²) >= 11 is 0. The van der Waals surface area contributed by atoms with E-state index in [1.807, 2.05) is 30.3 Å². The minimum atomic E-state index is -1.04. The number of aliphatic hydroxyl groups excluding tert-OH is 1. The highest BCUT2D eigenvalue weighted by Crippen LogP contribution is 2.13. The van der Waals surface area contributed by atoms with Crippen molar-refractivity contribution in [2.24, 2.45) is 0 Å². The molecule has 1 unspecified atom stereocenters. The Morgan fingerprint density at radius 2 is 1.82 bits per heavy atom. The fourth-order valence-corrected chi connectivity index (χ4v) is 1.99. The molecule has 2 rings (SSSR count). The third-order valence-electron chi connectivity index (χ3n) is 3.06. The summed E-state index contributed by atoms with van der Waals surface area (Å²) < 4.78 is 25.9. The van der Waals surface area contributed by atoms with Gasteiger partial charge in [0.1, 0.15) is 0 Å². The molecule has 0 aliphatic carbocycles. The van der Waals surface area contributed by atoms with Crippen LogP contribution in [0.3, 0.4) is 0 Å². The van der Waals surface area contributed by atoms with Gasteiger partial charge < -0.3 is 15.7 Å². The maximum absolute atomic E-state index is 13.1. The van der Waals surface area contributed by atoms with Gasteiger partial charge in [-0.3, -0.25) is 0 Å². The van der Waals surface area contributed by atoms with E-state index in [0.717, 1.165) is 17.7 Å². The van der Waals surface area contributed by atoms with Crippen molar-refractivity contribution in [1.29, 1.82) is 0 Å². The lowest BCUT2D eigenvalue weighted by atomic mass is 10.1. The van der Waals surface area contributed by atoms with E-state index < -0.39 is 23.7 Å². The van der Waals surface area contributed by atoms with Gasteiger partial charge in [-0.15, -0.1) is 0 Å². The number of benzene rings is 2. The molecule has 0 heterocycles. The second kappa shape index (κ2) is 7.51. The van der Waals surface area contributed by atoms with Crippen molar-refractivity contribution in [3.05, 3.63) is 65.7 Å². The summed E-state index contributed by atoms with van der Waals surface area (Å²) in [5, 5.41) is 14.3. The molecule has 2 aromatic carbocycles. The molecule has 0 aliphatic rings. The highest BCUT2D eigenvalue weighted by molar-refractivity contribution is 5.89. The Morgan fingerprint density at radius 3 is 2.45 bits per heavy atom. The molecule has 0 radical (unpaired) electrons. The maximum Gasteiger partial charge on any atom is 0.319 e. The summed E-state index contributed by atoms with van der Waals surface area (Å²) in [5.41, 5.74) is 1.10. The first-order chi connectivity index (χ1) is 10.6. The van der Waals surface area contributed by atoms with Gasteiger partial charge in [-0.1, -0.05) is 30.3 Å². The predicted octanol–water partition coefficient (Wildman–Crippen LogP) is 2.69. The molecule has 22 heavy (non-hydrogen) atoms. The number of amides is 2. The fraction of sp³-hybridized carbons (Fsp3) is 0.188. The van der Waals surface area contributed by atoms with E-state index in [2.05, 4.69) is 10.6 Å². The zero-order valence-corrected chi connectivity index (χ0v) is 11.7. The van der Waals surface area contributed by atoms with E-state index in [-0.39, 0.29) is 12.3 Å². The van der Waals surface area contributed by atoms with Crippen LogP contribution in [0.2, 0.25) is 0 Å². The highest BCUT2D eigenvalue weighted by Gasteiger charge is 2.13. The molecule has 0 aromatic heterocycles. The number of carbonyl (C=O) groups is 1. The van der Waals surface area contributed by atoms with Crippen molar-refractivity contribution in [2.45, 2.75) is 12.5 Å². The van der Waals surface area contributed by atoms with Gasteiger partial charge >= 0.3 is 6.03 Å². The largest absolute Gasteiger partial charge is 0.394 e. The second-order valence-electron chi connectivity index (χ2n) is 4.80. The number of hydrogen-bond acceptors (Lipinski definition) is 2. The van der Waals surface area contributed by atoms with Crippen LogP contribution in [0.15, 0.2) is 48.5 Å². The van der Waals surface area contributed by atoms with E-state index in [1.54, 1.807) is 0 Å². The van der Waals surface area contributed by atoms with Crippen molar-refractivity contribution in [1.82, 2.24) is 5.32 Å². The van der Waals surface area contributed by atoms with Crippen molar-refractivity contribution in [2.75, 3.05) is 11.9 Å². The predicted molar refractivity (Wildman–Crippen MR) is 79.5 cm³/mol. The number of hydrogen-bond donors (Lipinski definition) is 3. The Kier molecular flexibility index (Phi) is 5.43. The number of rotatable bonds is 5. The number of carbonyl (C=O) groups excluding carboxylic acids is 1. The standard InChI is InChI=1S/C16H16F2N2O2/c17-14-7-6-12(9-15(14)18)19-16(22)20-13(10-21)8-11-4-2-1-3-5-11/h1-7,9,13,21H,8,10H2,(H2,19,20,22). The summed E-state index contributed by atoms with van der Waals surface area (Å²) in [5.74, 6) is -2.02. The SMILES string of the molecule is O=C(Nc1ccc(F)c(F)c1)NC(CO)Cc1ccccc1. The van der Waals surface area contributed by atoms with Crippen molar-refractivity contribution >= 4 is 11.7 Å². The molecule has 0 bridgehead atoms. The monoisotopic (exact) mass is 306 g/mol. The summed E-state index contributed by atoms with van der Waals surface area (Å²) in [7, 11) is 0. The average molecular weight is 306 g/mol. The van der Waals surface area contributed by atoms with Gasteiger partial charge in [0.05, 0.1) is 12.6 Å². The van der Waals surface area contributed by atoms with Gasteiger partial charge in [-0.2, -0.15) is 0 Å². The number of aliphatic hydroxyl groups is 1. The lowest BCUT2D eigenvalue weighted by Gasteiger charge is -2.17. The number of anilines is 1. The summed E-state index contributed by atoms with van der Waals surface area (Å²) in [6.45, 7) is -0.236. The lowest BCUT2D eigenvalue weighted by molar-refractivity contribution is 0.224. The van der Waals surface area contributed by atoms with E-state index in [0.29, 0.717) is 6.42 Å². The zero-order valence-electron chi connectivity index (χ0n) is 11.7. The van der Waals surface area contributed by atoms with Crippen LogP contribution in [-0.4, -0.2) is 23.8 Å². The van der Waals surface area contributed by atoms with Crippen molar-refractivity contribution < 1.29 is 18.7 Å². The Bertz CT molecular complexity index is 635. The molecule has 2 aromatic rings. The molecule has 0 spiro atoms. The average Bonchev–Trinajstić information content (AvgIpc) is 2.51. The minimum Gasteiger partial charge on any atom is -0.394 e. The van der Waals surface area contributed by atoms with Gasteiger partial charge in [0.25, 0.3) is 0 Å². The Morgan fingerprint density at radius 1 is 1.09 bits per heavy atom. The van der Waals surface area contributed by atoms with Gasteiger partial charge in [-0.05, 0) is 24.1 Å². The number of urea groups is 1. The molecular weight excluding hydrogens is 290 g/mol. The first-order valence-electron chi connectivity index (χ1n) is 6.76. The van der Waals surface area contributed by atoms with E-state index in [4.69, 9.17) is 0 Å².